The summed E-state index contributed by atoms with van der Waals surface area (Å²) >= 11 is 14.7. The highest BCUT2D eigenvalue weighted by atomic mass is 35.5. The predicted molar refractivity (Wildman–Crippen MR) is 104 cm³/mol. The van der Waals surface area contributed by atoms with Gasteiger partial charge < -0.3 is 10.6 Å². The van der Waals surface area contributed by atoms with E-state index in [1.807, 2.05) is 6.92 Å². The van der Waals surface area contributed by atoms with Crippen molar-refractivity contribution in [3.05, 3.63) is 28.2 Å². The van der Waals surface area contributed by atoms with Crippen molar-refractivity contribution in [3.8, 4) is 0 Å². The zero-order valence-corrected chi connectivity index (χ0v) is 16.6. The molecule has 0 aliphatic heterocycles. The van der Waals surface area contributed by atoms with E-state index in [0.717, 1.165) is 16.0 Å². The van der Waals surface area contributed by atoms with Crippen LogP contribution in [0.4, 0.5) is 10.8 Å². The molecule has 0 radical (unpaired) electrons. The van der Waals surface area contributed by atoms with Crippen molar-refractivity contribution in [3.63, 3.8) is 0 Å². The van der Waals surface area contributed by atoms with Gasteiger partial charge in [-0.25, -0.2) is 0 Å². The number of benzene rings is 1. The second-order valence-corrected chi connectivity index (χ2v) is 8.93. The van der Waals surface area contributed by atoms with Crippen molar-refractivity contribution in [2.24, 2.45) is 5.92 Å². The van der Waals surface area contributed by atoms with Crippen molar-refractivity contribution >= 4 is 63.0 Å². The summed E-state index contributed by atoms with van der Waals surface area (Å²) in [7, 11) is 0. The zero-order valence-electron chi connectivity index (χ0n) is 13.5. The van der Waals surface area contributed by atoms with Gasteiger partial charge in [0.2, 0.25) is 11.0 Å². The smallest absolute Gasteiger partial charge is 0.237 e. The van der Waals surface area contributed by atoms with Gasteiger partial charge in [0.05, 0.1) is 16.0 Å². The fourth-order valence-electron chi connectivity index (χ4n) is 1.65. The highest BCUT2D eigenvalue weighted by molar-refractivity contribution is 8.02. The van der Waals surface area contributed by atoms with Crippen molar-refractivity contribution in [1.29, 1.82) is 0 Å². The van der Waals surface area contributed by atoms with Crippen molar-refractivity contribution < 1.29 is 4.79 Å². The van der Waals surface area contributed by atoms with Crippen LogP contribution in [0.5, 0.6) is 0 Å². The predicted octanol–water partition coefficient (Wildman–Crippen LogP) is 5.03. The van der Waals surface area contributed by atoms with Gasteiger partial charge in [0.25, 0.3) is 0 Å². The van der Waals surface area contributed by atoms with E-state index in [9.17, 15) is 4.79 Å². The molecule has 0 aliphatic rings. The van der Waals surface area contributed by atoms with Crippen LogP contribution in [0.15, 0.2) is 22.5 Å². The minimum Gasteiger partial charge on any atom is -0.360 e. The molecule has 0 fully saturated rings. The summed E-state index contributed by atoms with van der Waals surface area (Å²) in [6.45, 7) is 6.90. The molecule has 9 heteroatoms. The van der Waals surface area contributed by atoms with Gasteiger partial charge in [0.1, 0.15) is 0 Å². The van der Waals surface area contributed by atoms with Crippen molar-refractivity contribution in [2.45, 2.75) is 30.4 Å². The summed E-state index contributed by atoms with van der Waals surface area (Å²) in [6, 6.07) is 4.95. The lowest BCUT2D eigenvalue weighted by atomic mass is 10.2. The summed E-state index contributed by atoms with van der Waals surface area (Å²) < 4.78 is 0.742. The van der Waals surface area contributed by atoms with Crippen LogP contribution >= 0.6 is 46.3 Å². The molecule has 2 aromatic rings. The molecule has 1 aromatic carbocycles. The monoisotopic (exact) mass is 404 g/mol. The topological polar surface area (TPSA) is 66.9 Å². The molecular formula is C15H18Cl2N4OS2. The van der Waals surface area contributed by atoms with Crippen LogP contribution in [-0.2, 0) is 4.79 Å². The number of rotatable bonds is 7. The van der Waals surface area contributed by atoms with Crippen LogP contribution in [0.2, 0.25) is 10.0 Å². The first-order chi connectivity index (χ1) is 11.3. The Balaban J connectivity index is 1.91. The largest absolute Gasteiger partial charge is 0.360 e. The van der Waals surface area contributed by atoms with Gasteiger partial charge in [-0.3, -0.25) is 4.79 Å². The summed E-state index contributed by atoms with van der Waals surface area (Å²) in [5.74, 6) is 0.370. The highest BCUT2D eigenvalue weighted by Gasteiger charge is 2.18. The third-order valence-corrected chi connectivity index (χ3v) is 5.52. The lowest BCUT2D eigenvalue weighted by Crippen LogP contribution is -2.22. The number of nitrogens with zero attached hydrogens (tertiary/aromatic N) is 2. The number of hydrogen-bond donors (Lipinski definition) is 2. The first-order valence-corrected chi connectivity index (χ1v) is 9.80. The van der Waals surface area contributed by atoms with E-state index < -0.39 is 0 Å². The molecular weight excluding hydrogens is 387 g/mol. The minimum absolute atomic E-state index is 0.156. The molecule has 0 aliphatic carbocycles. The van der Waals surface area contributed by atoms with Gasteiger partial charge in [-0.2, -0.15) is 0 Å². The molecule has 0 unspecified atom stereocenters. The molecule has 0 spiro atoms. The van der Waals surface area contributed by atoms with E-state index in [0.29, 0.717) is 21.7 Å². The van der Waals surface area contributed by atoms with E-state index in [-0.39, 0.29) is 11.2 Å². The number of carbonyl (C=O) groups excluding carboxylic acids is 1. The Kier molecular flexibility index (Phi) is 7.16. The number of hydrogen-bond acceptors (Lipinski definition) is 6. The molecule has 0 saturated heterocycles. The Morgan fingerprint density at radius 1 is 1.29 bits per heavy atom. The van der Waals surface area contributed by atoms with Crippen LogP contribution in [0, 0.1) is 5.92 Å². The fourth-order valence-corrected chi connectivity index (χ4v) is 4.01. The maximum absolute atomic E-state index is 12.3. The molecule has 1 amide bonds. The second kappa shape index (κ2) is 8.89. The van der Waals surface area contributed by atoms with Crippen LogP contribution < -0.4 is 10.6 Å². The van der Waals surface area contributed by atoms with Crippen molar-refractivity contribution in [1.82, 2.24) is 10.2 Å². The average molecular weight is 405 g/mol. The summed E-state index contributed by atoms with van der Waals surface area (Å²) in [6.07, 6.45) is 0. The Morgan fingerprint density at radius 3 is 2.71 bits per heavy atom. The molecule has 5 nitrogen and oxygen atoms in total. The highest BCUT2D eigenvalue weighted by Crippen LogP contribution is 2.30. The van der Waals surface area contributed by atoms with E-state index >= 15 is 0 Å². The Hall–Kier alpha value is -1.02. The van der Waals surface area contributed by atoms with Gasteiger partial charge in [-0.1, -0.05) is 60.1 Å². The van der Waals surface area contributed by atoms with E-state index in [4.69, 9.17) is 23.2 Å². The van der Waals surface area contributed by atoms with Gasteiger partial charge in [-0.15, -0.1) is 10.2 Å². The maximum atomic E-state index is 12.3. The Labute approximate surface area is 159 Å². The SMILES string of the molecule is CC(C)CNc1nnc(S[C@@H](C)C(=O)Nc2ccc(Cl)cc2Cl)s1. The number of thioether (sulfide) groups is 1. The normalized spacial score (nSPS) is 12.2. The summed E-state index contributed by atoms with van der Waals surface area (Å²) in [5, 5.41) is 15.6. The Morgan fingerprint density at radius 2 is 2.04 bits per heavy atom. The summed E-state index contributed by atoms with van der Waals surface area (Å²) in [5.41, 5.74) is 0.537. The van der Waals surface area contributed by atoms with Gasteiger partial charge in [0, 0.05) is 11.6 Å². The number of aromatic nitrogens is 2. The summed E-state index contributed by atoms with van der Waals surface area (Å²) in [4.78, 5) is 12.3. The van der Waals surface area contributed by atoms with E-state index in [2.05, 4.69) is 34.7 Å². The van der Waals surface area contributed by atoms with Crippen LogP contribution in [-0.4, -0.2) is 27.9 Å². The first kappa shape index (κ1) is 19.3. The number of nitrogens with one attached hydrogen (secondary N) is 2. The molecule has 1 aromatic heterocycles. The number of carbonyl (C=O) groups is 1. The maximum Gasteiger partial charge on any atom is 0.237 e. The number of amides is 1. The minimum atomic E-state index is -0.331. The second-order valence-electron chi connectivity index (χ2n) is 5.52. The molecule has 2 rings (SSSR count). The molecule has 2 N–H and O–H groups in total. The van der Waals surface area contributed by atoms with Gasteiger partial charge in [0.15, 0.2) is 4.34 Å². The van der Waals surface area contributed by atoms with Gasteiger partial charge in [-0.05, 0) is 31.0 Å². The zero-order chi connectivity index (χ0) is 17.7. The van der Waals surface area contributed by atoms with Crippen molar-refractivity contribution in [2.75, 3.05) is 17.2 Å². The van der Waals surface area contributed by atoms with Gasteiger partial charge >= 0.3 is 0 Å². The van der Waals surface area contributed by atoms with E-state index in [1.54, 1.807) is 18.2 Å². The first-order valence-electron chi connectivity index (χ1n) is 7.35. The molecule has 24 heavy (non-hydrogen) atoms. The van der Waals surface area contributed by atoms with E-state index in [1.165, 1.54) is 23.1 Å². The number of halogens is 2. The third kappa shape index (κ3) is 5.81. The van der Waals surface area contributed by atoms with Crippen LogP contribution in [0.1, 0.15) is 20.8 Å². The molecule has 1 atom stereocenters. The standard InChI is InChI=1S/C15H18Cl2N4OS2/c1-8(2)7-18-14-20-21-15(24-14)23-9(3)13(22)19-12-5-4-10(16)6-11(12)17/h4-6,8-9H,7H2,1-3H3,(H,18,20)(H,19,22)/t9-/m0/s1. The fraction of sp³-hybridized carbons (Fsp3) is 0.400. The molecule has 0 bridgehead atoms. The molecule has 1 heterocycles. The quantitative estimate of drug-likeness (QED) is 0.633. The average Bonchev–Trinajstić information content (AvgIpc) is 2.95. The molecule has 130 valence electrons. The lowest BCUT2D eigenvalue weighted by molar-refractivity contribution is -0.115. The third-order valence-electron chi connectivity index (χ3n) is 2.90. The van der Waals surface area contributed by atoms with Crippen LogP contribution in [0.3, 0.4) is 0 Å². The number of anilines is 2. The lowest BCUT2D eigenvalue weighted by Gasteiger charge is -2.11. The van der Waals surface area contributed by atoms with Crippen LogP contribution in [0.25, 0.3) is 0 Å². The Bertz CT molecular complexity index is 709. The molecule has 0 saturated carbocycles.